The summed E-state index contributed by atoms with van der Waals surface area (Å²) in [6.07, 6.45) is 6.21. The first-order chi connectivity index (χ1) is 14.9. The molecule has 4 aromatic rings. The van der Waals surface area contributed by atoms with Gasteiger partial charge >= 0.3 is 0 Å². The Morgan fingerprint density at radius 3 is 2.20 bits per heavy atom. The molecule has 0 atom stereocenters. The second-order valence-corrected chi connectivity index (χ2v) is 8.41. The van der Waals surface area contributed by atoms with Gasteiger partial charge in [0.2, 0.25) is 5.16 Å². The van der Waals surface area contributed by atoms with Crippen LogP contribution in [-0.2, 0) is 5.75 Å². The molecule has 2 heterocycles. The minimum absolute atomic E-state index is 0.468. The predicted molar refractivity (Wildman–Crippen MR) is 116 cm³/mol. The van der Waals surface area contributed by atoms with Crippen LogP contribution in [0.25, 0.3) is 11.4 Å². The molecule has 0 amide bonds. The van der Waals surface area contributed by atoms with Crippen molar-refractivity contribution in [1.82, 2.24) is 35.0 Å². The molecule has 7 nitrogen and oxygen atoms in total. The predicted octanol–water partition coefficient (Wildman–Crippen LogP) is 4.58. The zero-order chi connectivity index (χ0) is 20.2. The standard InChI is InChI=1S/C22H23N7S/c1-4-10-17(11-5-1)21-23-22(25-29(21)19-14-8-3-9-15-19)30-16-20-24-26-27-28(20)18-12-6-2-7-13-18/h2-3,6-9,12-15,17H,1,4-5,10-11,16H2. The van der Waals surface area contributed by atoms with Crippen LogP contribution in [0.3, 0.4) is 0 Å². The summed E-state index contributed by atoms with van der Waals surface area (Å²) in [6, 6.07) is 20.2. The van der Waals surface area contributed by atoms with E-state index in [0.717, 1.165) is 28.2 Å². The number of nitrogens with zero attached hydrogens (tertiary/aromatic N) is 7. The van der Waals surface area contributed by atoms with Crippen molar-refractivity contribution in [3.8, 4) is 11.4 Å². The minimum Gasteiger partial charge on any atom is -0.216 e. The molecule has 0 N–H and O–H groups in total. The molecule has 1 aliphatic rings. The fraction of sp³-hybridized carbons (Fsp3) is 0.318. The molecule has 0 unspecified atom stereocenters. The van der Waals surface area contributed by atoms with Crippen molar-refractivity contribution in [3.63, 3.8) is 0 Å². The second-order valence-electron chi connectivity index (χ2n) is 7.47. The van der Waals surface area contributed by atoms with Gasteiger partial charge in [-0.2, -0.15) is 4.68 Å². The zero-order valence-corrected chi connectivity index (χ0v) is 17.4. The van der Waals surface area contributed by atoms with Gasteiger partial charge in [-0.25, -0.2) is 9.67 Å². The van der Waals surface area contributed by atoms with E-state index in [1.807, 2.05) is 53.2 Å². The molecule has 0 radical (unpaired) electrons. The normalized spacial score (nSPS) is 14.8. The highest BCUT2D eigenvalue weighted by Gasteiger charge is 2.23. The number of hydrogen-bond acceptors (Lipinski definition) is 6. The number of para-hydroxylation sites is 2. The van der Waals surface area contributed by atoms with Gasteiger partial charge in [-0.15, -0.1) is 10.2 Å². The fourth-order valence-electron chi connectivity index (χ4n) is 3.94. The Kier molecular flexibility index (Phi) is 5.56. The lowest BCUT2D eigenvalue weighted by Gasteiger charge is -2.21. The highest BCUT2D eigenvalue weighted by atomic mass is 32.2. The number of rotatable bonds is 6. The molecule has 0 spiro atoms. The number of thioether (sulfide) groups is 1. The summed E-state index contributed by atoms with van der Waals surface area (Å²) in [4.78, 5) is 4.95. The highest BCUT2D eigenvalue weighted by molar-refractivity contribution is 7.98. The Hall–Kier alpha value is -3.00. The van der Waals surface area contributed by atoms with Gasteiger partial charge in [-0.05, 0) is 47.5 Å². The average Bonchev–Trinajstić information content (AvgIpc) is 3.47. The third-order valence-electron chi connectivity index (χ3n) is 5.45. The Morgan fingerprint density at radius 1 is 0.833 bits per heavy atom. The maximum atomic E-state index is 4.95. The van der Waals surface area contributed by atoms with E-state index in [4.69, 9.17) is 10.1 Å². The first kappa shape index (κ1) is 19.0. The van der Waals surface area contributed by atoms with E-state index < -0.39 is 0 Å². The van der Waals surface area contributed by atoms with Gasteiger partial charge in [-0.1, -0.05) is 67.4 Å². The molecule has 1 saturated carbocycles. The molecule has 1 fully saturated rings. The average molecular weight is 418 g/mol. The highest BCUT2D eigenvalue weighted by Crippen LogP contribution is 2.34. The quantitative estimate of drug-likeness (QED) is 0.428. The van der Waals surface area contributed by atoms with E-state index in [1.54, 1.807) is 16.4 Å². The van der Waals surface area contributed by atoms with Gasteiger partial charge in [0.25, 0.3) is 0 Å². The largest absolute Gasteiger partial charge is 0.216 e. The van der Waals surface area contributed by atoms with Gasteiger partial charge in [0.05, 0.1) is 17.1 Å². The Bertz CT molecular complexity index is 1090. The zero-order valence-electron chi connectivity index (χ0n) is 16.6. The SMILES string of the molecule is c1ccc(-n2nnnc2CSc2nc(C3CCCCC3)n(-c3ccccc3)n2)cc1. The van der Waals surface area contributed by atoms with Crippen LogP contribution in [0.5, 0.6) is 0 Å². The molecular weight excluding hydrogens is 394 g/mol. The van der Waals surface area contributed by atoms with E-state index >= 15 is 0 Å². The first-order valence-electron chi connectivity index (χ1n) is 10.4. The van der Waals surface area contributed by atoms with Gasteiger partial charge in [0, 0.05) is 5.92 Å². The Labute approximate surface area is 179 Å². The molecule has 0 bridgehead atoms. The maximum Gasteiger partial charge on any atom is 0.209 e. The van der Waals surface area contributed by atoms with Gasteiger partial charge < -0.3 is 0 Å². The molecule has 152 valence electrons. The van der Waals surface area contributed by atoms with Crippen LogP contribution in [0.2, 0.25) is 0 Å². The van der Waals surface area contributed by atoms with Crippen LogP contribution < -0.4 is 0 Å². The van der Waals surface area contributed by atoms with Crippen molar-refractivity contribution < 1.29 is 0 Å². The molecule has 5 rings (SSSR count). The molecule has 8 heteroatoms. The van der Waals surface area contributed by atoms with Crippen LogP contribution >= 0.6 is 11.8 Å². The summed E-state index contributed by atoms with van der Waals surface area (Å²) in [6.45, 7) is 0. The van der Waals surface area contributed by atoms with Crippen molar-refractivity contribution in [1.29, 1.82) is 0 Å². The summed E-state index contributed by atoms with van der Waals surface area (Å²) in [5.41, 5.74) is 2.01. The number of tetrazole rings is 1. The van der Waals surface area contributed by atoms with Gasteiger partial charge in [0.15, 0.2) is 5.82 Å². The molecule has 2 aromatic heterocycles. The Morgan fingerprint density at radius 2 is 1.50 bits per heavy atom. The van der Waals surface area contributed by atoms with E-state index in [2.05, 4.69) is 27.7 Å². The van der Waals surface area contributed by atoms with E-state index in [-0.39, 0.29) is 0 Å². The topological polar surface area (TPSA) is 74.3 Å². The number of benzene rings is 2. The van der Waals surface area contributed by atoms with Crippen molar-refractivity contribution in [3.05, 3.63) is 72.3 Å². The van der Waals surface area contributed by atoms with Gasteiger partial charge in [0.1, 0.15) is 5.82 Å². The Balaban J connectivity index is 1.41. The summed E-state index contributed by atoms with van der Waals surface area (Å²) in [5, 5.41) is 17.8. The molecular formula is C22H23N7S. The lowest BCUT2D eigenvalue weighted by molar-refractivity contribution is 0.422. The lowest BCUT2D eigenvalue weighted by Crippen LogP contribution is -2.12. The third kappa shape index (κ3) is 4.00. The van der Waals surface area contributed by atoms with E-state index in [1.165, 1.54) is 32.1 Å². The number of aromatic nitrogens is 7. The molecule has 0 saturated heterocycles. The van der Waals surface area contributed by atoms with Crippen LogP contribution in [0.4, 0.5) is 0 Å². The van der Waals surface area contributed by atoms with Gasteiger partial charge in [-0.3, -0.25) is 0 Å². The van der Waals surface area contributed by atoms with E-state index in [9.17, 15) is 0 Å². The van der Waals surface area contributed by atoms with Crippen LogP contribution in [0, 0.1) is 0 Å². The third-order valence-corrected chi connectivity index (χ3v) is 6.28. The number of hydrogen-bond donors (Lipinski definition) is 0. The van der Waals surface area contributed by atoms with Crippen LogP contribution in [0.15, 0.2) is 65.8 Å². The van der Waals surface area contributed by atoms with Crippen LogP contribution in [-0.4, -0.2) is 35.0 Å². The second kappa shape index (κ2) is 8.79. The van der Waals surface area contributed by atoms with Crippen molar-refractivity contribution >= 4 is 11.8 Å². The van der Waals surface area contributed by atoms with Crippen molar-refractivity contribution in [2.45, 2.75) is 48.9 Å². The molecule has 30 heavy (non-hydrogen) atoms. The van der Waals surface area contributed by atoms with Crippen LogP contribution in [0.1, 0.15) is 49.7 Å². The summed E-state index contributed by atoms with van der Waals surface area (Å²) < 4.78 is 3.79. The lowest BCUT2D eigenvalue weighted by atomic mass is 9.88. The summed E-state index contributed by atoms with van der Waals surface area (Å²) in [5.74, 6) is 2.92. The molecule has 1 aliphatic carbocycles. The fourth-order valence-corrected chi connectivity index (χ4v) is 4.68. The van der Waals surface area contributed by atoms with Crippen molar-refractivity contribution in [2.75, 3.05) is 0 Å². The summed E-state index contributed by atoms with van der Waals surface area (Å²) in [7, 11) is 0. The molecule has 2 aromatic carbocycles. The summed E-state index contributed by atoms with van der Waals surface area (Å²) >= 11 is 1.57. The minimum atomic E-state index is 0.468. The molecule has 0 aliphatic heterocycles. The van der Waals surface area contributed by atoms with Crippen molar-refractivity contribution in [2.24, 2.45) is 0 Å². The van der Waals surface area contributed by atoms with E-state index in [0.29, 0.717) is 11.7 Å². The smallest absolute Gasteiger partial charge is 0.209 e. The maximum absolute atomic E-state index is 4.95. The first-order valence-corrected chi connectivity index (χ1v) is 11.3. The monoisotopic (exact) mass is 417 g/mol.